The Morgan fingerprint density at radius 1 is 1.16 bits per heavy atom. The Labute approximate surface area is 176 Å². The van der Waals surface area contributed by atoms with Crippen LogP contribution in [-0.4, -0.2) is 34.3 Å². The van der Waals surface area contributed by atoms with Crippen LogP contribution in [0.25, 0.3) is 0 Å². The van der Waals surface area contributed by atoms with Gasteiger partial charge >= 0.3 is 0 Å². The average molecular weight is 426 g/mol. The number of fused-ring (bicyclic) bond motifs is 1. The van der Waals surface area contributed by atoms with Crippen molar-refractivity contribution in [1.82, 2.24) is 0 Å². The molecule has 0 radical (unpaired) electrons. The monoisotopic (exact) mass is 426 g/mol. The first-order chi connectivity index (χ1) is 14.6. The number of carbonyl (C=O) groups is 2. The second-order valence-electron chi connectivity index (χ2n) is 7.03. The maximum atomic E-state index is 12.6. The number of nitrogens with zero attached hydrogens (tertiary/aromatic N) is 3. The molecule has 2 amide bonds. The van der Waals surface area contributed by atoms with E-state index in [2.05, 4.69) is 11.9 Å². The minimum Gasteiger partial charge on any atom is -0.479 e. The first-order valence-corrected chi connectivity index (χ1v) is 9.08. The second-order valence-corrected chi connectivity index (χ2v) is 7.03. The van der Waals surface area contributed by atoms with Crippen LogP contribution in [0.5, 0.6) is 5.75 Å². The summed E-state index contributed by atoms with van der Waals surface area (Å²) in [7, 11) is 0. The number of nitro benzene ring substituents is 2. The fraction of sp³-hybridized carbons (Fsp3) is 0.200. The summed E-state index contributed by atoms with van der Waals surface area (Å²) in [5, 5.41) is 24.6. The predicted molar refractivity (Wildman–Crippen MR) is 111 cm³/mol. The smallest absolute Gasteiger partial charge is 0.277 e. The van der Waals surface area contributed by atoms with E-state index in [0.29, 0.717) is 11.4 Å². The molecule has 0 spiro atoms. The van der Waals surface area contributed by atoms with E-state index in [1.54, 1.807) is 19.9 Å². The second kappa shape index (κ2) is 8.22. The molecule has 1 heterocycles. The quantitative estimate of drug-likeness (QED) is 0.423. The number of ether oxygens (including phenoxy) is 1. The van der Waals surface area contributed by atoms with Crippen LogP contribution >= 0.6 is 0 Å². The van der Waals surface area contributed by atoms with Crippen LogP contribution in [0.3, 0.4) is 0 Å². The largest absolute Gasteiger partial charge is 0.479 e. The van der Waals surface area contributed by atoms with Gasteiger partial charge in [-0.2, -0.15) is 0 Å². The summed E-state index contributed by atoms with van der Waals surface area (Å²) in [6.45, 7) is 7.48. The molecule has 11 nitrogen and oxygen atoms in total. The van der Waals surface area contributed by atoms with Crippen molar-refractivity contribution in [2.24, 2.45) is 0 Å². The van der Waals surface area contributed by atoms with Gasteiger partial charge in [0.05, 0.1) is 27.2 Å². The van der Waals surface area contributed by atoms with Gasteiger partial charge in [-0.1, -0.05) is 12.2 Å². The van der Waals surface area contributed by atoms with Gasteiger partial charge in [0.25, 0.3) is 23.2 Å². The van der Waals surface area contributed by atoms with Gasteiger partial charge in [-0.05, 0) is 32.0 Å². The van der Waals surface area contributed by atoms with Crippen molar-refractivity contribution in [2.45, 2.75) is 20.0 Å². The molecular weight excluding hydrogens is 408 g/mol. The summed E-state index contributed by atoms with van der Waals surface area (Å²) in [6, 6.07) is 7.30. The summed E-state index contributed by atoms with van der Waals surface area (Å²) >= 11 is 0. The van der Waals surface area contributed by atoms with E-state index < -0.39 is 33.2 Å². The molecule has 0 saturated carbocycles. The van der Waals surface area contributed by atoms with E-state index in [4.69, 9.17) is 4.74 Å². The zero-order valence-electron chi connectivity index (χ0n) is 16.7. The van der Waals surface area contributed by atoms with Crippen LogP contribution in [0, 0.1) is 20.2 Å². The Bertz CT molecular complexity index is 1100. The normalized spacial score (nSPS) is 15.0. The SMILES string of the molecule is C=C(C)CN1C(=O)C(C)Oc2ccc(NC(=O)c3cc([N+](=O)[O-])cc([N+](=O)[O-])c3)cc21. The van der Waals surface area contributed by atoms with E-state index in [1.165, 1.54) is 17.0 Å². The maximum Gasteiger partial charge on any atom is 0.277 e. The number of nitrogens with one attached hydrogen (secondary N) is 1. The summed E-state index contributed by atoms with van der Waals surface area (Å²) in [6.07, 6.45) is -0.683. The van der Waals surface area contributed by atoms with Gasteiger partial charge in [0.1, 0.15) is 5.75 Å². The molecule has 2 aromatic rings. The van der Waals surface area contributed by atoms with Crippen LogP contribution in [0.4, 0.5) is 22.7 Å². The third-order valence-electron chi connectivity index (χ3n) is 4.44. The number of amides is 2. The van der Waals surface area contributed by atoms with Gasteiger partial charge in [0.15, 0.2) is 6.10 Å². The molecule has 0 aromatic heterocycles. The molecule has 160 valence electrons. The molecule has 3 rings (SSSR count). The van der Waals surface area contributed by atoms with E-state index >= 15 is 0 Å². The molecule has 1 unspecified atom stereocenters. The van der Waals surface area contributed by atoms with E-state index in [-0.39, 0.29) is 23.7 Å². The number of nitro groups is 2. The lowest BCUT2D eigenvalue weighted by atomic mass is 10.1. The topological polar surface area (TPSA) is 145 Å². The number of benzene rings is 2. The summed E-state index contributed by atoms with van der Waals surface area (Å²) in [4.78, 5) is 47.1. The Morgan fingerprint density at radius 2 is 1.77 bits per heavy atom. The first kappa shape index (κ1) is 21.4. The Kier molecular flexibility index (Phi) is 5.68. The number of non-ortho nitro benzene ring substituents is 2. The number of hydrogen-bond donors (Lipinski definition) is 1. The van der Waals surface area contributed by atoms with Crippen molar-refractivity contribution in [3.63, 3.8) is 0 Å². The number of anilines is 2. The van der Waals surface area contributed by atoms with Crippen LogP contribution in [0.15, 0.2) is 48.6 Å². The van der Waals surface area contributed by atoms with Gasteiger partial charge in [0.2, 0.25) is 0 Å². The molecule has 1 N–H and O–H groups in total. The minimum absolute atomic E-state index is 0.252. The van der Waals surface area contributed by atoms with Gasteiger partial charge in [0, 0.05) is 24.4 Å². The van der Waals surface area contributed by atoms with Crippen molar-refractivity contribution in [1.29, 1.82) is 0 Å². The zero-order valence-corrected chi connectivity index (χ0v) is 16.7. The Balaban J connectivity index is 1.94. The van der Waals surface area contributed by atoms with Crippen molar-refractivity contribution in [3.05, 3.63) is 74.3 Å². The third kappa shape index (κ3) is 4.50. The molecule has 11 heteroatoms. The molecule has 0 aliphatic carbocycles. The lowest BCUT2D eigenvalue weighted by molar-refractivity contribution is -0.394. The molecular formula is C20H18N4O7. The zero-order chi connectivity index (χ0) is 22.9. The van der Waals surface area contributed by atoms with Gasteiger partial charge in [-0.25, -0.2) is 0 Å². The molecule has 1 atom stereocenters. The average Bonchev–Trinajstić information content (AvgIpc) is 2.71. The molecule has 1 aliphatic heterocycles. The van der Waals surface area contributed by atoms with Crippen molar-refractivity contribution in [2.75, 3.05) is 16.8 Å². The Hall–Kier alpha value is -4.28. The van der Waals surface area contributed by atoms with Crippen molar-refractivity contribution < 1.29 is 24.2 Å². The van der Waals surface area contributed by atoms with E-state index in [9.17, 15) is 29.8 Å². The minimum atomic E-state index is -0.817. The molecule has 0 fully saturated rings. The van der Waals surface area contributed by atoms with E-state index in [0.717, 1.165) is 23.8 Å². The fourth-order valence-corrected chi connectivity index (χ4v) is 3.06. The summed E-state index contributed by atoms with van der Waals surface area (Å²) < 4.78 is 5.60. The van der Waals surface area contributed by atoms with Crippen LogP contribution in [0.2, 0.25) is 0 Å². The number of hydrogen-bond acceptors (Lipinski definition) is 7. The molecule has 1 aliphatic rings. The Morgan fingerprint density at radius 3 is 2.32 bits per heavy atom. The fourth-order valence-electron chi connectivity index (χ4n) is 3.06. The number of rotatable bonds is 6. The standard InChI is InChI=1S/C20H18N4O7/c1-11(2)10-22-17-8-14(4-5-18(17)31-12(3)20(22)26)21-19(25)13-6-15(23(27)28)9-16(7-13)24(29)30/h4-9,12H,1,10H2,2-3H3,(H,21,25). The van der Waals surface area contributed by atoms with Gasteiger partial charge in [-0.15, -0.1) is 0 Å². The summed E-state index contributed by atoms with van der Waals surface area (Å²) in [5.74, 6) is -0.611. The molecule has 2 aromatic carbocycles. The van der Waals surface area contributed by atoms with Crippen LogP contribution in [0.1, 0.15) is 24.2 Å². The third-order valence-corrected chi connectivity index (χ3v) is 4.44. The van der Waals surface area contributed by atoms with Crippen LogP contribution in [-0.2, 0) is 4.79 Å². The molecule has 0 saturated heterocycles. The highest BCUT2D eigenvalue weighted by Crippen LogP contribution is 2.37. The molecule has 0 bridgehead atoms. The first-order valence-electron chi connectivity index (χ1n) is 9.08. The highest BCUT2D eigenvalue weighted by atomic mass is 16.6. The lowest BCUT2D eigenvalue weighted by Gasteiger charge is -2.33. The number of carbonyl (C=O) groups excluding carboxylic acids is 2. The highest BCUT2D eigenvalue weighted by Gasteiger charge is 2.31. The lowest BCUT2D eigenvalue weighted by Crippen LogP contribution is -2.45. The highest BCUT2D eigenvalue weighted by molar-refractivity contribution is 6.06. The molecule has 31 heavy (non-hydrogen) atoms. The van der Waals surface area contributed by atoms with Gasteiger partial charge < -0.3 is 15.0 Å². The maximum absolute atomic E-state index is 12.6. The van der Waals surface area contributed by atoms with E-state index in [1.807, 2.05) is 0 Å². The van der Waals surface area contributed by atoms with Crippen LogP contribution < -0.4 is 15.0 Å². The predicted octanol–water partition coefficient (Wildman–Crippen LogP) is 3.45. The summed E-state index contributed by atoms with van der Waals surface area (Å²) in [5.41, 5.74) is 0.0328. The van der Waals surface area contributed by atoms with Crippen molar-refractivity contribution in [3.8, 4) is 5.75 Å². The van der Waals surface area contributed by atoms with Gasteiger partial charge in [-0.3, -0.25) is 29.8 Å². The van der Waals surface area contributed by atoms with Crippen molar-refractivity contribution >= 4 is 34.6 Å².